The van der Waals surface area contributed by atoms with Gasteiger partial charge in [0.1, 0.15) is 5.75 Å². The Morgan fingerprint density at radius 2 is 1.77 bits per heavy atom. The molecule has 0 spiro atoms. The van der Waals surface area contributed by atoms with Gasteiger partial charge in [-0.05, 0) is 54.8 Å². The first-order valence-corrected chi connectivity index (χ1v) is 8.87. The van der Waals surface area contributed by atoms with Crippen LogP contribution in [0.15, 0.2) is 48.5 Å². The summed E-state index contributed by atoms with van der Waals surface area (Å²) in [6, 6.07) is 15.0. The first kappa shape index (κ1) is 18.0. The van der Waals surface area contributed by atoms with Gasteiger partial charge in [-0.2, -0.15) is 0 Å². The highest BCUT2D eigenvalue weighted by Gasteiger charge is 2.20. The number of anilines is 1. The number of hydrogen-bond donors (Lipinski definition) is 0. The molecule has 136 valence electrons. The van der Waals surface area contributed by atoms with Crippen LogP contribution in [0.5, 0.6) is 5.75 Å². The molecule has 26 heavy (non-hydrogen) atoms. The second kappa shape index (κ2) is 8.04. The molecular formula is C21H24N2O3. The third-order valence-corrected chi connectivity index (χ3v) is 4.67. The van der Waals surface area contributed by atoms with Crippen LogP contribution in [0.1, 0.15) is 35.2 Å². The van der Waals surface area contributed by atoms with Crippen LogP contribution in [0, 0.1) is 0 Å². The van der Waals surface area contributed by atoms with Gasteiger partial charge in [-0.3, -0.25) is 9.59 Å². The zero-order valence-electron chi connectivity index (χ0n) is 15.3. The van der Waals surface area contributed by atoms with E-state index in [9.17, 15) is 9.59 Å². The number of carbonyl (C=O) groups is 2. The van der Waals surface area contributed by atoms with E-state index in [1.807, 2.05) is 36.4 Å². The van der Waals surface area contributed by atoms with E-state index in [0.29, 0.717) is 18.5 Å². The van der Waals surface area contributed by atoms with Gasteiger partial charge < -0.3 is 14.5 Å². The molecule has 5 heteroatoms. The van der Waals surface area contributed by atoms with Crippen LogP contribution in [0.3, 0.4) is 0 Å². The third kappa shape index (κ3) is 4.04. The minimum atomic E-state index is -0.0441. The fraction of sp³-hybridized carbons (Fsp3) is 0.333. The second-order valence-corrected chi connectivity index (χ2v) is 6.56. The average Bonchev–Trinajstić information content (AvgIpc) is 2.68. The molecular weight excluding hydrogens is 328 g/mol. The summed E-state index contributed by atoms with van der Waals surface area (Å²) in [5.41, 5.74) is 2.52. The largest absolute Gasteiger partial charge is 0.497 e. The molecule has 0 saturated carbocycles. The Kier molecular flexibility index (Phi) is 5.56. The summed E-state index contributed by atoms with van der Waals surface area (Å²) in [6.45, 7) is 1.28. The molecule has 1 heterocycles. The first-order chi connectivity index (χ1) is 12.6. The number of benzene rings is 2. The average molecular weight is 352 g/mol. The van der Waals surface area contributed by atoms with Crippen LogP contribution in [-0.4, -0.2) is 37.4 Å². The van der Waals surface area contributed by atoms with Crippen LogP contribution >= 0.6 is 0 Å². The first-order valence-electron chi connectivity index (χ1n) is 8.87. The van der Waals surface area contributed by atoms with E-state index < -0.39 is 0 Å². The number of nitrogens with zero attached hydrogens (tertiary/aromatic N) is 2. The molecule has 2 amide bonds. The van der Waals surface area contributed by atoms with Crippen molar-refractivity contribution in [2.45, 2.75) is 25.8 Å². The Balaban J connectivity index is 1.65. The summed E-state index contributed by atoms with van der Waals surface area (Å²) in [7, 11) is 3.42. The molecule has 0 bridgehead atoms. The van der Waals surface area contributed by atoms with Crippen molar-refractivity contribution in [2.75, 3.05) is 25.6 Å². The van der Waals surface area contributed by atoms with Crippen molar-refractivity contribution in [3.8, 4) is 5.75 Å². The van der Waals surface area contributed by atoms with E-state index in [1.54, 1.807) is 36.1 Å². The monoisotopic (exact) mass is 352 g/mol. The second-order valence-electron chi connectivity index (χ2n) is 6.56. The molecule has 2 aromatic rings. The summed E-state index contributed by atoms with van der Waals surface area (Å²) < 4.78 is 5.15. The lowest BCUT2D eigenvalue weighted by Crippen LogP contribution is -2.35. The number of ether oxygens (including phenoxy) is 1. The fourth-order valence-electron chi connectivity index (χ4n) is 3.16. The molecule has 0 aliphatic carbocycles. The maximum absolute atomic E-state index is 12.6. The van der Waals surface area contributed by atoms with Gasteiger partial charge >= 0.3 is 0 Å². The van der Waals surface area contributed by atoms with Crippen molar-refractivity contribution < 1.29 is 14.3 Å². The SMILES string of the molecule is COc1ccc(CN(C)C(=O)c2ccc(N3CCCCC3=O)cc2)cc1. The number of amides is 2. The van der Waals surface area contributed by atoms with Gasteiger partial charge in [0.15, 0.2) is 0 Å². The highest BCUT2D eigenvalue weighted by atomic mass is 16.5. The van der Waals surface area contributed by atoms with Crippen molar-refractivity contribution >= 4 is 17.5 Å². The summed E-state index contributed by atoms with van der Waals surface area (Å²) in [4.78, 5) is 28.1. The van der Waals surface area contributed by atoms with Crippen molar-refractivity contribution in [3.63, 3.8) is 0 Å². The molecule has 0 atom stereocenters. The number of piperidine rings is 1. The van der Waals surface area contributed by atoms with Crippen molar-refractivity contribution in [3.05, 3.63) is 59.7 Å². The predicted molar refractivity (Wildman–Crippen MR) is 101 cm³/mol. The number of methoxy groups -OCH3 is 1. The normalized spacial score (nSPS) is 14.2. The van der Waals surface area contributed by atoms with E-state index in [4.69, 9.17) is 4.74 Å². The molecule has 1 aliphatic heterocycles. The van der Waals surface area contributed by atoms with Crippen LogP contribution in [0.4, 0.5) is 5.69 Å². The lowest BCUT2D eigenvalue weighted by Gasteiger charge is -2.27. The summed E-state index contributed by atoms with van der Waals surface area (Å²) >= 11 is 0. The summed E-state index contributed by atoms with van der Waals surface area (Å²) in [6.07, 6.45) is 2.59. The number of carbonyl (C=O) groups excluding carboxylic acids is 2. The summed E-state index contributed by atoms with van der Waals surface area (Å²) in [5, 5.41) is 0. The van der Waals surface area contributed by atoms with E-state index in [2.05, 4.69) is 0 Å². The molecule has 0 aromatic heterocycles. The lowest BCUT2D eigenvalue weighted by atomic mass is 10.1. The van der Waals surface area contributed by atoms with Crippen LogP contribution in [-0.2, 0) is 11.3 Å². The number of hydrogen-bond acceptors (Lipinski definition) is 3. The molecule has 1 fully saturated rings. The van der Waals surface area contributed by atoms with Gasteiger partial charge in [0.05, 0.1) is 7.11 Å². The maximum atomic E-state index is 12.6. The van der Waals surface area contributed by atoms with E-state index in [-0.39, 0.29) is 11.8 Å². The molecule has 2 aromatic carbocycles. The molecule has 0 unspecified atom stereocenters. The van der Waals surface area contributed by atoms with E-state index in [1.165, 1.54) is 0 Å². The Morgan fingerprint density at radius 1 is 1.08 bits per heavy atom. The van der Waals surface area contributed by atoms with Gasteiger partial charge in [-0.25, -0.2) is 0 Å². The highest BCUT2D eigenvalue weighted by Crippen LogP contribution is 2.22. The zero-order chi connectivity index (χ0) is 18.5. The van der Waals surface area contributed by atoms with Crippen molar-refractivity contribution in [1.29, 1.82) is 0 Å². The Labute approximate surface area is 154 Å². The van der Waals surface area contributed by atoms with Crippen LogP contribution < -0.4 is 9.64 Å². The molecule has 3 rings (SSSR count). The standard InChI is InChI=1S/C21H24N2O3/c1-22(15-16-6-12-19(26-2)13-7-16)21(25)17-8-10-18(11-9-17)23-14-4-3-5-20(23)24/h6-13H,3-5,14-15H2,1-2H3. The smallest absolute Gasteiger partial charge is 0.253 e. The Bertz CT molecular complexity index is 769. The predicted octanol–water partition coefficient (Wildman–Crippen LogP) is 3.48. The highest BCUT2D eigenvalue weighted by molar-refractivity contribution is 5.96. The van der Waals surface area contributed by atoms with Crippen molar-refractivity contribution in [1.82, 2.24) is 4.90 Å². The van der Waals surface area contributed by atoms with E-state index in [0.717, 1.165) is 36.4 Å². The van der Waals surface area contributed by atoms with Crippen LogP contribution in [0.25, 0.3) is 0 Å². The fourth-order valence-corrected chi connectivity index (χ4v) is 3.16. The van der Waals surface area contributed by atoms with Gasteiger partial charge in [0.2, 0.25) is 5.91 Å². The number of rotatable bonds is 5. The zero-order valence-corrected chi connectivity index (χ0v) is 15.3. The van der Waals surface area contributed by atoms with E-state index >= 15 is 0 Å². The molecule has 0 N–H and O–H groups in total. The minimum Gasteiger partial charge on any atom is -0.497 e. The molecule has 0 radical (unpaired) electrons. The van der Waals surface area contributed by atoms with Gasteiger partial charge in [-0.15, -0.1) is 0 Å². The molecule has 1 saturated heterocycles. The lowest BCUT2D eigenvalue weighted by molar-refractivity contribution is -0.119. The molecule has 5 nitrogen and oxygen atoms in total. The van der Waals surface area contributed by atoms with Gasteiger partial charge in [0.25, 0.3) is 5.91 Å². The van der Waals surface area contributed by atoms with Crippen LogP contribution in [0.2, 0.25) is 0 Å². The minimum absolute atomic E-state index is 0.0441. The third-order valence-electron chi connectivity index (χ3n) is 4.67. The molecule has 1 aliphatic rings. The maximum Gasteiger partial charge on any atom is 0.253 e. The van der Waals surface area contributed by atoms with Gasteiger partial charge in [-0.1, -0.05) is 12.1 Å². The van der Waals surface area contributed by atoms with Crippen molar-refractivity contribution in [2.24, 2.45) is 0 Å². The van der Waals surface area contributed by atoms with Gasteiger partial charge in [0, 0.05) is 37.8 Å². The topological polar surface area (TPSA) is 49.9 Å². The Hall–Kier alpha value is -2.82. The quantitative estimate of drug-likeness (QED) is 0.828. The summed E-state index contributed by atoms with van der Waals surface area (Å²) in [5.74, 6) is 0.912. The Morgan fingerprint density at radius 3 is 2.38 bits per heavy atom.